The van der Waals surface area contributed by atoms with E-state index in [-0.39, 0.29) is 30.5 Å². The molecule has 0 bridgehead atoms. The number of hydrogen-bond acceptors (Lipinski definition) is 4. The second-order valence-electron chi connectivity index (χ2n) is 6.70. The molecule has 0 aliphatic heterocycles. The van der Waals surface area contributed by atoms with E-state index in [0.717, 1.165) is 12.8 Å². The van der Waals surface area contributed by atoms with Crippen LogP contribution in [0.2, 0.25) is 0 Å². The smallest absolute Gasteiger partial charge is 0.349 e. The van der Waals surface area contributed by atoms with E-state index in [1.807, 2.05) is 6.92 Å². The first-order chi connectivity index (χ1) is 13.3. The van der Waals surface area contributed by atoms with Crippen LogP contribution in [0.15, 0.2) is 39.5 Å². The monoisotopic (exact) mass is 388 g/mol. The van der Waals surface area contributed by atoms with Gasteiger partial charge in [-0.25, -0.2) is 9.18 Å². The Bertz CT molecular complexity index is 890. The summed E-state index contributed by atoms with van der Waals surface area (Å²) in [5.41, 5.74) is 0.186. The molecule has 6 nitrogen and oxygen atoms in total. The fraction of sp³-hybridized carbons (Fsp3) is 0.381. The van der Waals surface area contributed by atoms with Crippen molar-refractivity contribution in [3.63, 3.8) is 0 Å². The van der Waals surface area contributed by atoms with Gasteiger partial charge in [-0.3, -0.25) is 9.59 Å². The number of halogens is 1. The Morgan fingerprint density at radius 1 is 1.11 bits per heavy atom. The predicted molar refractivity (Wildman–Crippen MR) is 104 cm³/mol. The van der Waals surface area contributed by atoms with E-state index in [0.29, 0.717) is 16.9 Å². The van der Waals surface area contributed by atoms with Crippen molar-refractivity contribution in [2.24, 2.45) is 0 Å². The molecule has 0 fully saturated rings. The second-order valence-corrected chi connectivity index (χ2v) is 6.70. The van der Waals surface area contributed by atoms with Gasteiger partial charge in [-0.15, -0.1) is 0 Å². The van der Waals surface area contributed by atoms with Crippen LogP contribution in [0, 0.1) is 12.7 Å². The van der Waals surface area contributed by atoms with E-state index in [2.05, 4.69) is 17.6 Å². The SMILES string of the molecule is CCCC(C)c1cc(C)c(C(=O)NCCNC(=O)c2ccc(F)cc2)c(=O)o1. The summed E-state index contributed by atoms with van der Waals surface area (Å²) < 4.78 is 18.2. The third-order valence-corrected chi connectivity index (χ3v) is 4.40. The van der Waals surface area contributed by atoms with Gasteiger partial charge in [0, 0.05) is 24.6 Å². The first kappa shape index (κ1) is 21.3. The van der Waals surface area contributed by atoms with Crippen LogP contribution in [0.5, 0.6) is 0 Å². The molecule has 0 spiro atoms. The van der Waals surface area contributed by atoms with Crippen LogP contribution in [0.3, 0.4) is 0 Å². The van der Waals surface area contributed by atoms with Crippen molar-refractivity contribution in [3.8, 4) is 0 Å². The Morgan fingerprint density at radius 3 is 2.29 bits per heavy atom. The zero-order valence-corrected chi connectivity index (χ0v) is 16.3. The highest BCUT2D eigenvalue weighted by atomic mass is 19.1. The highest BCUT2D eigenvalue weighted by Gasteiger charge is 2.18. The molecule has 2 amide bonds. The summed E-state index contributed by atoms with van der Waals surface area (Å²) in [6.45, 7) is 6.03. The van der Waals surface area contributed by atoms with E-state index < -0.39 is 17.3 Å². The summed E-state index contributed by atoms with van der Waals surface area (Å²) in [4.78, 5) is 36.5. The van der Waals surface area contributed by atoms with Gasteiger partial charge in [0.25, 0.3) is 11.8 Å². The number of amides is 2. The summed E-state index contributed by atoms with van der Waals surface area (Å²) in [7, 11) is 0. The van der Waals surface area contributed by atoms with Crippen molar-refractivity contribution in [1.29, 1.82) is 0 Å². The van der Waals surface area contributed by atoms with Crippen molar-refractivity contribution in [2.75, 3.05) is 13.1 Å². The quantitative estimate of drug-likeness (QED) is 0.680. The maximum atomic E-state index is 12.9. The van der Waals surface area contributed by atoms with Gasteiger partial charge in [-0.05, 0) is 49.2 Å². The summed E-state index contributed by atoms with van der Waals surface area (Å²) in [5.74, 6) is -0.660. The molecule has 1 aromatic heterocycles. The number of aryl methyl sites for hydroxylation is 1. The fourth-order valence-corrected chi connectivity index (χ4v) is 2.87. The lowest BCUT2D eigenvalue weighted by atomic mass is 10.0. The number of rotatable bonds is 8. The molecule has 28 heavy (non-hydrogen) atoms. The lowest BCUT2D eigenvalue weighted by Crippen LogP contribution is -2.36. The molecule has 0 aliphatic rings. The Hall–Kier alpha value is -2.96. The molecule has 150 valence electrons. The van der Waals surface area contributed by atoms with Crippen molar-refractivity contribution in [1.82, 2.24) is 10.6 Å². The second kappa shape index (κ2) is 9.82. The first-order valence-electron chi connectivity index (χ1n) is 9.30. The molecule has 0 radical (unpaired) electrons. The van der Waals surface area contributed by atoms with Crippen LogP contribution in [0.4, 0.5) is 4.39 Å². The van der Waals surface area contributed by atoms with Gasteiger partial charge in [0.05, 0.1) is 0 Å². The van der Waals surface area contributed by atoms with Gasteiger partial charge in [-0.2, -0.15) is 0 Å². The van der Waals surface area contributed by atoms with Gasteiger partial charge >= 0.3 is 5.63 Å². The summed E-state index contributed by atoms with van der Waals surface area (Å²) >= 11 is 0. The average molecular weight is 388 g/mol. The third-order valence-electron chi connectivity index (χ3n) is 4.40. The van der Waals surface area contributed by atoms with E-state index in [1.54, 1.807) is 13.0 Å². The van der Waals surface area contributed by atoms with Crippen LogP contribution in [-0.4, -0.2) is 24.9 Å². The predicted octanol–water partition coefficient (Wildman–Crippen LogP) is 3.15. The number of carbonyl (C=O) groups is 2. The molecule has 2 aromatic rings. The van der Waals surface area contributed by atoms with Crippen LogP contribution < -0.4 is 16.3 Å². The molecule has 1 aromatic carbocycles. The maximum Gasteiger partial charge on any atom is 0.349 e. The van der Waals surface area contributed by atoms with Crippen LogP contribution in [0.1, 0.15) is 64.6 Å². The van der Waals surface area contributed by atoms with Gasteiger partial charge < -0.3 is 15.1 Å². The van der Waals surface area contributed by atoms with Gasteiger partial charge in [-0.1, -0.05) is 20.3 Å². The Labute approximate surface area is 163 Å². The Morgan fingerprint density at radius 2 is 1.71 bits per heavy atom. The molecule has 0 saturated heterocycles. The largest absolute Gasteiger partial charge is 0.427 e. The van der Waals surface area contributed by atoms with Gasteiger partial charge in [0.2, 0.25) is 0 Å². The van der Waals surface area contributed by atoms with Crippen molar-refractivity contribution in [2.45, 2.75) is 39.5 Å². The fourth-order valence-electron chi connectivity index (χ4n) is 2.87. The number of nitrogens with one attached hydrogen (secondary N) is 2. The summed E-state index contributed by atoms with van der Waals surface area (Å²) in [5, 5.41) is 5.21. The topological polar surface area (TPSA) is 88.4 Å². The van der Waals surface area contributed by atoms with E-state index in [1.165, 1.54) is 24.3 Å². The van der Waals surface area contributed by atoms with E-state index >= 15 is 0 Å². The minimum atomic E-state index is -0.661. The number of benzene rings is 1. The molecule has 2 N–H and O–H groups in total. The Balaban J connectivity index is 1.91. The standard InChI is InChI=1S/C21H25FN2O4/c1-4-5-13(2)17-12-14(3)18(21(27)28-17)20(26)24-11-10-23-19(25)15-6-8-16(22)9-7-15/h6-9,12-13H,4-5,10-11H2,1-3H3,(H,23,25)(H,24,26). The van der Waals surface area contributed by atoms with Crippen molar-refractivity contribution in [3.05, 3.63) is 69.0 Å². The number of carbonyl (C=O) groups excluding carboxylic acids is 2. The summed E-state index contributed by atoms with van der Waals surface area (Å²) in [6.07, 6.45) is 1.86. The van der Waals surface area contributed by atoms with Crippen LogP contribution in [0.25, 0.3) is 0 Å². The van der Waals surface area contributed by atoms with Gasteiger partial charge in [0.15, 0.2) is 0 Å². The van der Waals surface area contributed by atoms with Crippen LogP contribution >= 0.6 is 0 Å². The molecule has 7 heteroatoms. The molecule has 2 rings (SSSR count). The minimum Gasteiger partial charge on any atom is -0.427 e. The highest BCUT2D eigenvalue weighted by Crippen LogP contribution is 2.21. The normalized spacial score (nSPS) is 11.7. The molecule has 1 atom stereocenters. The Kier molecular flexibility index (Phi) is 7.49. The molecule has 1 heterocycles. The van der Waals surface area contributed by atoms with E-state index in [4.69, 9.17) is 4.42 Å². The molecule has 1 unspecified atom stereocenters. The minimum absolute atomic E-state index is 0.0303. The van der Waals surface area contributed by atoms with Crippen molar-refractivity contribution >= 4 is 11.8 Å². The lowest BCUT2D eigenvalue weighted by molar-refractivity contribution is 0.0924. The van der Waals surface area contributed by atoms with Crippen molar-refractivity contribution < 1.29 is 18.4 Å². The first-order valence-corrected chi connectivity index (χ1v) is 9.30. The molecule has 0 aliphatic carbocycles. The average Bonchev–Trinajstić information content (AvgIpc) is 2.65. The summed E-state index contributed by atoms with van der Waals surface area (Å²) in [6, 6.07) is 6.87. The third kappa shape index (κ3) is 5.52. The molecular weight excluding hydrogens is 363 g/mol. The zero-order chi connectivity index (χ0) is 20.7. The molecular formula is C21H25FN2O4. The molecule has 0 saturated carbocycles. The maximum absolute atomic E-state index is 12.9. The van der Waals surface area contributed by atoms with E-state index in [9.17, 15) is 18.8 Å². The van der Waals surface area contributed by atoms with Gasteiger partial charge in [0.1, 0.15) is 17.1 Å². The highest BCUT2D eigenvalue weighted by molar-refractivity contribution is 5.95. The number of hydrogen-bond donors (Lipinski definition) is 2. The lowest BCUT2D eigenvalue weighted by Gasteiger charge is -2.12. The zero-order valence-electron chi connectivity index (χ0n) is 16.3. The van der Waals surface area contributed by atoms with Crippen LogP contribution in [-0.2, 0) is 0 Å².